The molecular formula is C30H34N2OS2. The number of pyridine rings is 1. The molecule has 3 nitrogen and oxygen atoms in total. The van der Waals surface area contributed by atoms with E-state index in [1.54, 1.807) is 29.8 Å². The lowest BCUT2D eigenvalue weighted by molar-refractivity contribution is 0.125. The lowest BCUT2D eigenvalue weighted by Gasteiger charge is -2.09. The van der Waals surface area contributed by atoms with Crippen molar-refractivity contribution in [3.63, 3.8) is 0 Å². The first kappa shape index (κ1) is 28.1. The first-order valence-electron chi connectivity index (χ1n) is 10.8. The molecule has 0 saturated carbocycles. The van der Waals surface area contributed by atoms with Crippen LogP contribution in [-0.4, -0.2) is 30.5 Å². The quantitative estimate of drug-likeness (QED) is 0.217. The van der Waals surface area contributed by atoms with Gasteiger partial charge in [0, 0.05) is 45.5 Å². The third kappa shape index (κ3) is 7.43. The van der Waals surface area contributed by atoms with Crippen molar-refractivity contribution in [2.45, 2.75) is 27.9 Å². The molecule has 5 aromatic rings. The summed E-state index contributed by atoms with van der Waals surface area (Å²) in [4.78, 5) is 9.16. The molecule has 0 aliphatic rings. The van der Waals surface area contributed by atoms with Crippen LogP contribution in [0.15, 0.2) is 106 Å². The number of nitrogens with zero attached hydrogens (tertiary/aromatic N) is 2. The average Bonchev–Trinajstić information content (AvgIpc) is 3.58. The molecule has 0 saturated heterocycles. The van der Waals surface area contributed by atoms with E-state index in [1.807, 2.05) is 49.5 Å². The molecule has 1 unspecified atom stereocenters. The Balaban J connectivity index is 0.000000236. The van der Waals surface area contributed by atoms with Crippen LogP contribution in [0.5, 0.6) is 0 Å². The van der Waals surface area contributed by atoms with E-state index >= 15 is 0 Å². The molecule has 5 rings (SSSR count). The number of methoxy groups -OCH3 is 1. The highest BCUT2D eigenvalue weighted by molar-refractivity contribution is 7.17. The Morgan fingerprint density at radius 3 is 2.26 bits per heavy atom. The lowest BCUT2D eigenvalue weighted by atomic mass is 10.1. The van der Waals surface area contributed by atoms with Crippen LogP contribution in [0.2, 0.25) is 0 Å². The van der Waals surface area contributed by atoms with Crippen LogP contribution in [0.1, 0.15) is 32.9 Å². The maximum Gasteiger partial charge on any atom is 0.0788 e. The van der Waals surface area contributed by atoms with Gasteiger partial charge in [0.2, 0.25) is 0 Å². The van der Waals surface area contributed by atoms with Gasteiger partial charge in [0.25, 0.3) is 0 Å². The molecule has 2 aromatic carbocycles. The van der Waals surface area contributed by atoms with E-state index in [0.717, 1.165) is 17.0 Å². The van der Waals surface area contributed by atoms with E-state index < -0.39 is 0 Å². The molecule has 182 valence electrons. The summed E-state index contributed by atoms with van der Waals surface area (Å²) in [6.07, 6.45) is 2.02. The predicted octanol–water partition coefficient (Wildman–Crippen LogP) is 8.86. The van der Waals surface area contributed by atoms with Crippen LogP contribution in [-0.2, 0) is 4.74 Å². The fraction of sp³-hybridized carbons (Fsp3) is 0.200. The topological polar surface area (TPSA) is 34.5 Å². The summed E-state index contributed by atoms with van der Waals surface area (Å²) in [7, 11) is 1.72. The van der Waals surface area contributed by atoms with Gasteiger partial charge in [-0.25, -0.2) is 0 Å². The average molecular weight is 503 g/mol. The molecule has 3 aromatic heterocycles. The highest BCUT2D eigenvalue weighted by Gasteiger charge is 2.08. The standard InChI is InChI=1S/C15H17NOS.C13H9NS.2CH4/c1-12(17-2)10-16-15(14-8-9-18-11-14)13-6-4-3-5-7-13;1-2-4-10(5-3-1)13-11-7-9-15-12(11)6-8-14-13;;/h3-9,11-12H,10H2,1-2H3;1-9H;2*1H4. The van der Waals surface area contributed by atoms with Gasteiger partial charge in [-0.1, -0.05) is 75.5 Å². The number of aromatic nitrogens is 1. The van der Waals surface area contributed by atoms with Crippen molar-refractivity contribution in [2.75, 3.05) is 13.7 Å². The summed E-state index contributed by atoms with van der Waals surface area (Å²) >= 11 is 3.45. The van der Waals surface area contributed by atoms with Gasteiger partial charge in [-0.3, -0.25) is 9.98 Å². The molecule has 0 fully saturated rings. The van der Waals surface area contributed by atoms with Crippen LogP contribution in [0.4, 0.5) is 0 Å². The Labute approximate surface area is 217 Å². The maximum absolute atomic E-state index is 5.25. The number of benzene rings is 2. The predicted molar refractivity (Wildman–Crippen MR) is 156 cm³/mol. The first-order chi connectivity index (χ1) is 16.3. The number of rotatable bonds is 6. The lowest BCUT2D eigenvalue weighted by Crippen LogP contribution is -2.12. The van der Waals surface area contributed by atoms with Crippen molar-refractivity contribution in [3.05, 3.63) is 112 Å². The summed E-state index contributed by atoms with van der Waals surface area (Å²) in [5.74, 6) is 0. The molecule has 3 heterocycles. The van der Waals surface area contributed by atoms with Gasteiger partial charge in [0.15, 0.2) is 0 Å². The van der Waals surface area contributed by atoms with Gasteiger partial charge in [-0.2, -0.15) is 11.3 Å². The van der Waals surface area contributed by atoms with Crippen LogP contribution >= 0.6 is 22.7 Å². The monoisotopic (exact) mass is 502 g/mol. The van der Waals surface area contributed by atoms with Crippen LogP contribution in [0, 0.1) is 0 Å². The van der Waals surface area contributed by atoms with Crippen molar-refractivity contribution < 1.29 is 4.74 Å². The summed E-state index contributed by atoms with van der Waals surface area (Å²) in [6.45, 7) is 2.70. The van der Waals surface area contributed by atoms with Crippen molar-refractivity contribution in [1.82, 2.24) is 4.98 Å². The van der Waals surface area contributed by atoms with Crippen molar-refractivity contribution in [3.8, 4) is 11.3 Å². The number of hydrogen-bond donors (Lipinski definition) is 0. The van der Waals surface area contributed by atoms with Gasteiger partial charge < -0.3 is 4.74 Å². The van der Waals surface area contributed by atoms with Crippen LogP contribution in [0.3, 0.4) is 0 Å². The minimum Gasteiger partial charge on any atom is -0.380 e. The Hall–Kier alpha value is -3.12. The summed E-state index contributed by atoms with van der Waals surface area (Å²) < 4.78 is 6.54. The highest BCUT2D eigenvalue weighted by Crippen LogP contribution is 2.29. The molecule has 0 radical (unpaired) electrons. The zero-order valence-electron chi connectivity index (χ0n) is 18.7. The van der Waals surface area contributed by atoms with Crippen molar-refractivity contribution >= 4 is 38.5 Å². The fourth-order valence-electron chi connectivity index (χ4n) is 3.36. The fourth-order valence-corrected chi connectivity index (χ4v) is 4.78. The molecule has 0 N–H and O–H groups in total. The Kier molecular flexibility index (Phi) is 11.5. The molecule has 0 amide bonds. The van der Waals surface area contributed by atoms with Crippen LogP contribution < -0.4 is 0 Å². The van der Waals surface area contributed by atoms with Gasteiger partial charge in [-0.05, 0) is 35.9 Å². The van der Waals surface area contributed by atoms with E-state index in [1.165, 1.54) is 21.2 Å². The molecule has 0 aliphatic heterocycles. The largest absolute Gasteiger partial charge is 0.380 e. The summed E-state index contributed by atoms with van der Waals surface area (Å²) in [6, 6.07) is 26.9. The Morgan fingerprint density at radius 2 is 1.60 bits per heavy atom. The van der Waals surface area contributed by atoms with Gasteiger partial charge in [-0.15, -0.1) is 11.3 Å². The second-order valence-corrected chi connectivity index (χ2v) is 9.20. The maximum atomic E-state index is 5.25. The number of hydrogen-bond acceptors (Lipinski definition) is 5. The van der Waals surface area contributed by atoms with Gasteiger partial charge in [0.1, 0.15) is 0 Å². The first-order valence-corrected chi connectivity index (χ1v) is 12.6. The zero-order chi connectivity index (χ0) is 22.9. The van der Waals surface area contributed by atoms with E-state index in [0.29, 0.717) is 6.54 Å². The molecule has 35 heavy (non-hydrogen) atoms. The zero-order valence-corrected chi connectivity index (χ0v) is 20.4. The third-order valence-electron chi connectivity index (χ3n) is 5.18. The SMILES string of the molecule is C.C.COC(C)CN=C(c1ccccc1)c1ccsc1.c1ccc(-c2nccc3sccc23)cc1. The second kappa shape index (κ2) is 14.3. The number of ether oxygens (including phenoxy) is 1. The van der Waals surface area contributed by atoms with Gasteiger partial charge in [0.05, 0.1) is 24.1 Å². The number of fused-ring (bicyclic) bond motifs is 1. The molecular weight excluding hydrogens is 468 g/mol. The van der Waals surface area contributed by atoms with Gasteiger partial charge >= 0.3 is 0 Å². The van der Waals surface area contributed by atoms with E-state index in [4.69, 9.17) is 9.73 Å². The number of thiophene rings is 2. The summed E-state index contributed by atoms with van der Waals surface area (Å²) in [5.41, 5.74) is 5.63. The Bertz CT molecular complexity index is 1280. The molecule has 5 heteroatoms. The molecule has 0 bridgehead atoms. The minimum absolute atomic E-state index is 0. The minimum atomic E-state index is 0. The van der Waals surface area contributed by atoms with Crippen molar-refractivity contribution in [1.29, 1.82) is 0 Å². The van der Waals surface area contributed by atoms with E-state index in [9.17, 15) is 0 Å². The number of aliphatic imine (C=N–C) groups is 1. The van der Waals surface area contributed by atoms with E-state index in [2.05, 4.69) is 63.6 Å². The van der Waals surface area contributed by atoms with Crippen LogP contribution in [0.25, 0.3) is 21.3 Å². The molecule has 0 spiro atoms. The molecule has 0 aliphatic carbocycles. The second-order valence-electron chi connectivity index (χ2n) is 7.47. The van der Waals surface area contributed by atoms with Crippen molar-refractivity contribution in [2.24, 2.45) is 4.99 Å². The highest BCUT2D eigenvalue weighted by atomic mass is 32.1. The Morgan fingerprint density at radius 1 is 0.886 bits per heavy atom. The normalized spacial score (nSPS) is 11.5. The summed E-state index contributed by atoms with van der Waals surface area (Å²) in [5, 5.41) is 7.56. The molecule has 1 atom stereocenters. The van der Waals surface area contributed by atoms with E-state index in [-0.39, 0.29) is 21.0 Å². The third-order valence-corrected chi connectivity index (χ3v) is 6.74. The smallest absolute Gasteiger partial charge is 0.0788 e.